The minimum absolute atomic E-state index is 0.0603. The van der Waals surface area contributed by atoms with Crippen LogP contribution in [-0.2, 0) is 21.7 Å². The van der Waals surface area contributed by atoms with Crippen LogP contribution in [0.25, 0.3) is 76.8 Å². The van der Waals surface area contributed by atoms with Crippen molar-refractivity contribution in [1.29, 1.82) is 10.5 Å². The molecule has 0 fully saturated rings. The van der Waals surface area contributed by atoms with Crippen molar-refractivity contribution in [3.8, 4) is 56.6 Å². The van der Waals surface area contributed by atoms with Crippen molar-refractivity contribution < 1.29 is 8.78 Å². The van der Waals surface area contributed by atoms with Crippen LogP contribution >= 0.6 is 0 Å². The molecule has 0 aliphatic heterocycles. The first-order valence-electron chi connectivity index (χ1n) is 30.3. The average molecular weight is 1150 g/mol. The lowest BCUT2D eigenvalue weighted by Gasteiger charge is -2.32. The van der Waals surface area contributed by atoms with Crippen LogP contribution in [0.15, 0.2) is 218 Å². The summed E-state index contributed by atoms with van der Waals surface area (Å²) in [7, 11) is 0. The quantitative estimate of drug-likeness (QED) is 0.128. The highest BCUT2D eigenvalue weighted by Gasteiger charge is 2.30. The van der Waals surface area contributed by atoms with Crippen LogP contribution in [0.3, 0.4) is 0 Å². The Hall–Kier alpha value is -9.88. The normalized spacial score (nSPS) is 12.2. The van der Waals surface area contributed by atoms with Gasteiger partial charge < -0.3 is 9.80 Å². The minimum atomic E-state index is -0.415. The molecule has 0 radical (unpaired) electrons. The van der Waals surface area contributed by atoms with E-state index >= 15 is 8.78 Å². The summed E-state index contributed by atoms with van der Waals surface area (Å²) < 4.78 is 36.8. The molecular weight excluding hydrogens is 1080 g/mol. The van der Waals surface area contributed by atoms with E-state index in [1.165, 1.54) is 11.1 Å². The maximum atomic E-state index is 18.4. The molecule has 12 aromatic rings. The largest absolute Gasteiger partial charge is 0.307 e. The van der Waals surface area contributed by atoms with Gasteiger partial charge in [-0.05, 0) is 184 Å². The lowest BCUT2D eigenvalue weighted by molar-refractivity contribution is 0.590. The number of rotatable bonds is 10. The Labute approximate surface area is 517 Å². The highest BCUT2D eigenvalue weighted by atomic mass is 19.1. The SMILES string of the molecule is CC(C)(C)c1ccc(-c2cc(F)c(N(c3ccc(C#N)cc3)c3ccc4ccc5c(N(c6ccc(C#N)cc6)c6c(F)cc(-c7ccc(C(C)(C)C)cc7)cc6-c6ccc(C(C)(C)C)cc6)ccc6ccc3c4c65)c(-c3ccc(C(C)(C)C)cc3)c2)cc1. The zero-order valence-corrected chi connectivity index (χ0v) is 52.3. The van der Waals surface area contributed by atoms with Gasteiger partial charge in [-0.1, -0.05) is 217 Å². The number of halogens is 2. The van der Waals surface area contributed by atoms with Crippen molar-refractivity contribution in [2.45, 2.75) is 105 Å². The van der Waals surface area contributed by atoms with E-state index in [-0.39, 0.29) is 21.7 Å². The molecule has 0 spiro atoms. The number of anilines is 6. The van der Waals surface area contributed by atoms with Crippen LogP contribution < -0.4 is 9.80 Å². The molecule has 12 rings (SSSR count). The Morgan fingerprint density at radius 3 is 0.875 bits per heavy atom. The van der Waals surface area contributed by atoms with Crippen molar-refractivity contribution in [2.24, 2.45) is 0 Å². The fraction of sp³-hybridized carbons (Fsp3) is 0.195. The second-order valence-corrected chi connectivity index (χ2v) is 27.6. The topological polar surface area (TPSA) is 54.1 Å². The van der Waals surface area contributed by atoms with Crippen LogP contribution in [-0.4, -0.2) is 0 Å². The Morgan fingerprint density at radius 2 is 0.591 bits per heavy atom. The monoisotopic (exact) mass is 1150 g/mol. The van der Waals surface area contributed by atoms with Gasteiger partial charge in [-0.3, -0.25) is 0 Å². The third-order valence-corrected chi connectivity index (χ3v) is 17.5. The summed E-state index contributed by atoms with van der Waals surface area (Å²) in [6.45, 7) is 26.3. The first-order chi connectivity index (χ1) is 41.9. The molecule has 12 aromatic carbocycles. The fourth-order valence-electron chi connectivity index (χ4n) is 12.4. The molecular formula is C82H72F2N4. The summed E-state index contributed by atoms with van der Waals surface area (Å²) in [5.74, 6) is -0.831. The van der Waals surface area contributed by atoms with Crippen LogP contribution in [0.2, 0.25) is 0 Å². The molecule has 0 heterocycles. The van der Waals surface area contributed by atoms with E-state index in [1.54, 1.807) is 36.4 Å². The number of benzene rings is 12. The molecule has 0 aromatic heterocycles. The van der Waals surface area contributed by atoms with E-state index in [2.05, 4.69) is 253 Å². The molecule has 6 heteroatoms. The maximum absolute atomic E-state index is 18.4. The van der Waals surface area contributed by atoms with Gasteiger partial charge in [0.15, 0.2) is 0 Å². The van der Waals surface area contributed by atoms with Gasteiger partial charge in [-0.15, -0.1) is 0 Å². The van der Waals surface area contributed by atoms with Gasteiger partial charge in [-0.2, -0.15) is 10.5 Å². The van der Waals surface area contributed by atoms with E-state index in [0.29, 0.717) is 45.0 Å². The number of nitriles is 2. The summed E-state index contributed by atoms with van der Waals surface area (Å²) in [5.41, 5.74) is 15.2. The summed E-state index contributed by atoms with van der Waals surface area (Å²) in [6.07, 6.45) is 0. The van der Waals surface area contributed by atoms with Crippen LogP contribution in [0.4, 0.5) is 42.9 Å². The van der Waals surface area contributed by atoms with Crippen molar-refractivity contribution >= 4 is 66.4 Å². The van der Waals surface area contributed by atoms with Crippen molar-refractivity contribution in [2.75, 3.05) is 9.80 Å². The van der Waals surface area contributed by atoms with Crippen molar-refractivity contribution in [3.05, 3.63) is 263 Å². The van der Waals surface area contributed by atoms with Gasteiger partial charge >= 0.3 is 0 Å². The molecule has 0 bridgehead atoms. The van der Waals surface area contributed by atoms with E-state index in [0.717, 1.165) is 88.2 Å². The van der Waals surface area contributed by atoms with Gasteiger partial charge in [0.1, 0.15) is 11.6 Å². The summed E-state index contributed by atoms with van der Waals surface area (Å²) in [5, 5.41) is 25.8. The van der Waals surface area contributed by atoms with Gasteiger partial charge in [-0.25, -0.2) is 8.78 Å². The summed E-state index contributed by atoms with van der Waals surface area (Å²) in [6, 6.07) is 77.4. The molecule has 4 nitrogen and oxygen atoms in total. The molecule has 0 unspecified atom stereocenters. The van der Waals surface area contributed by atoms with Gasteiger partial charge in [0.2, 0.25) is 0 Å². The smallest absolute Gasteiger partial charge is 0.148 e. The lowest BCUT2D eigenvalue weighted by Crippen LogP contribution is -2.15. The number of nitrogens with zero attached hydrogens (tertiary/aromatic N) is 4. The maximum Gasteiger partial charge on any atom is 0.148 e. The molecule has 0 N–H and O–H groups in total. The predicted octanol–water partition coefficient (Wildman–Crippen LogP) is 23.4. The molecule has 88 heavy (non-hydrogen) atoms. The first-order valence-corrected chi connectivity index (χ1v) is 30.3. The van der Waals surface area contributed by atoms with Gasteiger partial charge in [0.05, 0.1) is 46.0 Å². The van der Waals surface area contributed by atoms with Crippen LogP contribution in [0, 0.1) is 34.3 Å². The standard InChI is InChI=1S/C82H72F2N4/c1-79(2,3)61-29-17-53(18-30-61)59-45-69(55-21-33-63(34-22-55)81(7,8)9)77(71(83)47-59)87(65-37-13-51(49-85)14-38-65)73-43-27-57-26-42-68-74(44-28-58-25-41-67(73)75(57)76(58)68)88(66-39-15-52(50-86)16-40-66)78-70(56-23-35-64(36-24-56)82(10,11)12)46-60(48-72(78)84)54-19-31-62(32-20-54)80(4,5)6/h13-48H,1-12H3. The third kappa shape index (κ3) is 10.9. The van der Waals surface area contributed by atoms with Crippen molar-refractivity contribution in [1.82, 2.24) is 0 Å². The highest BCUT2D eigenvalue weighted by Crippen LogP contribution is 2.52. The Balaban J connectivity index is 1.11. The average Bonchev–Trinajstić information content (AvgIpc) is 0.781. The van der Waals surface area contributed by atoms with Crippen LogP contribution in [0.1, 0.15) is 116 Å². The summed E-state index contributed by atoms with van der Waals surface area (Å²) >= 11 is 0. The lowest BCUT2D eigenvalue weighted by atomic mass is 9.85. The Kier molecular flexibility index (Phi) is 14.7. The minimum Gasteiger partial charge on any atom is -0.307 e. The van der Waals surface area contributed by atoms with E-state index in [1.807, 2.05) is 34.1 Å². The number of hydrogen-bond donors (Lipinski definition) is 0. The molecule has 0 aliphatic rings. The molecule has 0 saturated carbocycles. The fourth-order valence-corrected chi connectivity index (χ4v) is 12.4. The number of hydrogen-bond acceptors (Lipinski definition) is 4. The first kappa shape index (κ1) is 58.5. The zero-order chi connectivity index (χ0) is 62.2. The molecule has 0 atom stereocenters. The van der Waals surface area contributed by atoms with Crippen LogP contribution in [0.5, 0.6) is 0 Å². The Bertz CT molecular complexity index is 4390. The molecule has 0 saturated heterocycles. The van der Waals surface area contributed by atoms with E-state index in [9.17, 15) is 10.5 Å². The highest BCUT2D eigenvalue weighted by molar-refractivity contribution is 6.28. The third-order valence-electron chi connectivity index (χ3n) is 17.5. The van der Waals surface area contributed by atoms with Gasteiger partial charge in [0, 0.05) is 33.3 Å². The second-order valence-electron chi connectivity index (χ2n) is 27.6. The summed E-state index contributed by atoms with van der Waals surface area (Å²) in [4.78, 5) is 4.02. The molecule has 0 amide bonds. The molecule has 0 aliphatic carbocycles. The Morgan fingerprint density at radius 1 is 0.307 bits per heavy atom. The molecule has 434 valence electrons. The van der Waals surface area contributed by atoms with E-state index < -0.39 is 11.6 Å². The second kappa shape index (κ2) is 22.1. The zero-order valence-electron chi connectivity index (χ0n) is 52.3. The van der Waals surface area contributed by atoms with Crippen molar-refractivity contribution in [3.63, 3.8) is 0 Å². The predicted molar refractivity (Wildman–Crippen MR) is 365 cm³/mol. The van der Waals surface area contributed by atoms with E-state index in [4.69, 9.17) is 0 Å². The van der Waals surface area contributed by atoms with Gasteiger partial charge in [0.25, 0.3) is 0 Å².